The number of carbonyl (C=O) groups is 1. The third kappa shape index (κ3) is 2.64. The third-order valence-electron chi connectivity index (χ3n) is 4.41. The van der Waals surface area contributed by atoms with Crippen LogP contribution in [0.3, 0.4) is 0 Å². The average molecular weight is 399 g/mol. The summed E-state index contributed by atoms with van der Waals surface area (Å²) in [5.74, 6) is -1.77. The zero-order valence-corrected chi connectivity index (χ0v) is 15.4. The highest BCUT2D eigenvalue weighted by molar-refractivity contribution is 6.44. The largest absolute Gasteiger partial charge is 0.338 e. The molecule has 25 heavy (non-hydrogen) atoms. The lowest BCUT2D eigenvalue weighted by molar-refractivity contribution is -0.256. The quantitative estimate of drug-likeness (QED) is 0.730. The minimum absolute atomic E-state index is 0.250. The molecule has 1 fully saturated rings. The number of nitrogens with zero attached hydrogens (tertiary/aromatic N) is 1. The molecule has 0 aromatic heterocycles. The molecule has 0 atom stereocenters. The highest BCUT2D eigenvalue weighted by atomic mass is 35.5. The van der Waals surface area contributed by atoms with E-state index in [1.54, 1.807) is 18.2 Å². The summed E-state index contributed by atoms with van der Waals surface area (Å²) in [6.45, 7) is 1.12. The van der Waals surface area contributed by atoms with Crippen LogP contribution >= 0.6 is 34.8 Å². The van der Waals surface area contributed by atoms with Gasteiger partial charge in [0, 0.05) is 10.6 Å². The van der Waals surface area contributed by atoms with Crippen molar-refractivity contribution in [1.82, 2.24) is 0 Å². The molecule has 2 heterocycles. The maximum atomic E-state index is 13.2. The van der Waals surface area contributed by atoms with E-state index in [9.17, 15) is 4.79 Å². The second-order valence-corrected chi connectivity index (χ2v) is 7.10. The average Bonchev–Trinajstić information content (AvgIpc) is 2.84. The van der Waals surface area contributed by atoms with Gasteiger partial charge in [0.05, 0.1) is 35.5 Å². The van der Waals surface area contributed by atoms with Gasteiger partial charge in [0.2, 0.25) is 0 Å². The van der Waals surface area contributed by atoms with Gasteiger partial charge in [0.15, 0.2) is 0 Å². The van der Waals surface area contributed by atoms with E-state index in [2.05, 4.69) is 0 Å². The van der Waals surface area contributed by atoms with Gasteiger partial charge in [-0.1, -0.05) is 53.0 Å². The predicted octanol–water partition coefficient (Wildman–Crippen LogP) is 4.78. The molecule has 7 heteroatoms. The summed E-state index contributed by atoms with van der Waals surface area (Å²) in [5, 5.41) is 1.24. The van der Waals surface area contributed by atoms with Gasteiger partial charge in [-0.2, -0.15) is 0 Å². The van der Waals surface area contributed by atoms with Crippen molar-refractivity contribution in [1.29, 1.82) is 0 Å². The van der Waals surface area contributed by atoms with E-state index in [4.69, 9.17) is 44.3 Å². The Morgan fingerprint density at radius 1 is 1.00 bits per heavy atom. The summed E-state index contributed by atoms with van der Waals surface area (Å²) in [5.41, 5.74) is 1.90. The molecule has 2 aliphatic rings. The van der Waals surface area contributed by atoms with Crippen LogP contribution in [-0.4, -0.2) is 19.1 Å². The normalized spacial score (nSPS) is 18.7. The van der Waals surface area contributed by atoms with Crippen molar-refractivity contribution >= 4 is 46.4 Å². The number of benzene rings is 2. The molecule has 1 spiro atoms. The first-order chi connectivity index (χ1) is 12.0. The Kier molecular flexibility index (Phi) is 4.42. The van der Waals surface area contributed by atoms with Crippen LogP contribution in [0.15, 0.2) is 36.4 Å². The second-order valence-electron chi connectivity index (χ2n) is 5.91. The van der Waals surface area contributed by atoms with Crippen LogP contribution in [0.4, 0.5) is 5.69 Å². The van der Waals surface area contributed by atoms with E-state index in [0.717, 1.165) is 12.0 Å². The summed E-state index contributed by atoms with van der Waals surface area (Å²) in [6.07, 6.45) is 0.732. The van der Waals surface area contributed by atoms with Gasteiger partial charge >= 0.3 is 0 Å². The smallest absolute Gasteiger partial charge is 0.292 e. The number of rotatable bonds is 2. The zero-order chi connectivity index (χ0) is 17.6. The number of hydrogen-bond donors (Lipinski definition) is 0. The fraction of sp³-hybridized carbons (Fsp3) is 0.278. The molecule has 0 saturated carbocycles. The molecular formula is C18H14Cl3NO3. The molecule has 2 aliphatic heterocycles. The molecule has 0 aliphatic carbocycles. The van der Waals surface area contributed by atoms with Crippen LogP contribution in [0.5, 0.6) is 0 Å². The first-order valence-corrected chi connectivity index (χ1v) is 9.00. The number of ether oxygens (including phenoxy) is 2. The SMILES string of the molecule is O=C1N(Cc2ccccc2Cl)c2c(ccc(Cl)c2Cl)C12OCCCO2. The first kappa shape index (κ1) is 17.1. The van der Waals surface area contributed by atoms with Crippen molar-refractivity contribution in [3.63, 3.8) is 0 Å². The molecule has 1 amide bonds. The Labute approximate surface area is 160 Å². The third-order valence-corrected chi connectivity index (χ3v) is 5.57. The molecule has 2 aromatic rings. The van der Waals surface area contributed by atoms with Crippen molar-refractivity contribution in [2.75, 3.05) is 18.1 Å². The highest BCUT2D eigenvalue weighted by Crippen LogP contribution is 2.50. The number of hydrogen-bond acceptors (Lipinski definition) is 3. The Bertz CT molecular complexity index is 849. The van der Waals surface area contributed by atoms with E-state index in [-0.39, 0.29) is 12.5 Å². The van der Waals surface area contributed by atoms with Gasteiger partial charge < -0.3 is 14.4 Å². The summed E-state index contributed by atoms with van der Waals surface area (Å²) in [7, 11) is 0. The Balaban J connectivity index is 1.85. The Hall–Kier alpha value is -1.30. The molecule has 4 rings (SSSR count). The van der Waals surface area contributed by atoms with Gasteiger partial charge in [0.25, 0.3) is 11.7 Å². The number of amides is 1. The zero-order valence-electron chi connectivity index (χ0n) is 13.1. The van der Waals surface area contributed by atoms with E-state index in [1.165, 1.54) is 4.90 Å². The lowest BCUT2D eigenvalue weighted by Crippen LogP contribution is -2.47. The minimum atomic E-state index is -1.46. The van der Waals surface area contributed by atoms with Crippen LogP contribution in [-0.2, 0) is 26.6 Å². The monoisotopic (exact) mass is 397 g/mol. The van der Waals surface area contributed by atoms with Gasteiger partial charge in [-0.15, -0.1) is 0 Å². The fourth-order valence-corrected chi connectivity index (χ4v) is 3.84. The van der Waals surface area contributed by atoms with Gasteiger partial charge in [-0.3, -0.25) is 4.79 Å². The lowest BCUT2D eigenvalue weighted by atomic mass is 10.1. The van der Waals surface area contributed by atoms with Crippen molar-refractivity contribution in [3.8, 4) is 0 Å². The van der Waals surface area contributed by atoms with Crippen LogP contribution in [0.25, 0.3) is 0 Å². The summed E-state index contributed by atoms with van der Waals surface area (Å²) in [6, 6.07) is 10.7. The molecule has 1 saturated heterocycles. The topological polar surface area (TPSA) is 38.8 Å². The van der Waals surface area contributed by atoms with Crippen molar-refractivity contribution in [2.45, 2.75) is 18.8 Å². The van der Waals surface area contributed by atoms with Crippen molar-refractivity contribution in [3.05, 3.63) is 62.6 Å². The number of anilines is 1. The maximum Gasteiger partial charge on any atom is 0.292 e. The van der Waals surface area contributed by atoms with E-state index in [1.807, 2.05) is 18.2 Å². The van der Waals surface area contributed by atoms with Crippen LogP contribution in [0.2, 0.25) is 15.1 Å². The molecule has 2 aromatic carbocycles. The summed E-state index contributed by atoms with van der Waals surface area (Å²) < 4.78 is 11.6. The van der Waals surface area contributed by atoms with Crippen molar-refractivity contribution < 1.29 is 14.3 Å². The first-order valence-electron chi connectivity index (χ1n) is 7.86. The van der Waals surface area contributed by atoms with Crippen LogP contribution in [0, 0.1) is 0 Å². The molecule has 0 N–H and O–H groups in total. The van der Waals surface area contributed by atoms with E-state index < -0.39 is 5.79 Å². The molecule has 0 radical (unpaired) electrons. The molecule has 0 bridgehead atoms. The Morgan fingerprint density at radius 2 is 1.72 bits per heavy atom. The minimum Gasteiger partial charge on any atom is -0.338 e. The van der Waals surface area contributed by atoms with Crippen LogP contribution < -0.4 is 4.90 Å². The molecule has 0 unspecified atom stereocenters. The van der Waals surface area contributed by atoms with E-state index in [0.29, 0.717) is 39.5 Å². The standard InChI is InChI=1S/C18H14Cl3NO3/c19-13-5-2-1-4-11(13)10-22-16-12(6-7-14(20)15(16)21)18(17(22)23)24-8-3-9-25-18/h1-2,4-7H,3,8-10H2. The van der Waals surface area contributed by atoms with Gasteiger partial charge in [-0.25, -0.2) is 0 Å². The number of carbonyl (C=O) groups excluding carboxylic acids is 1. The lowest BCUT2D eigenvalue weighted by Gasteiger charge is -2.32. The highest BCUT2D eigenvalue weighted by Gasteiger charge is 2.55. The Morgan fingerprint density at radius 3 is 2.44 bits per heavy atom. The summed E-state index contributed by atoms with van der Waals surface area (Å²) in [4.78, 5) is 14.8. The van der Waals surface area contributed by atoms with Crippen molar-refractivity contribution in [2.24, 2.45) is 0 Å². The van der Waals surface area contributed by atoms with Gasteiger partial charge in [-0.05, 0) is 30.2 Å². The molecule has 130 valence electrons. The number of halogens is 3. The molecule has 4 nitrogen and oxygen atoms in total. The fourth-order valence-electron chi connectivity index (χ4n) is 3.22. The predicted molar refractivity (Wildman–Crippen MR) is 97.3 cm³/mol. The van der Waals surface area contributed by atoms with Gasteiger partial charge in [0.1, 0.15) is 0 Å². The maximum absolute atomic E-state index is 13.2. The summed E-state index contributed by atoms with van der Waals surface area (Å²) >= 11 is 18.9. The molecular weight excluding hydrogens is 385 g/mol. The van der Waals surface area contributed by atoms with Crippen LogP contribution in [0.1, 0.15) is 17.5 Å². The number of fused-ring (bicyclic) bond motifs is 2. The second kappa shape index (κ2) is 6.45. The van der Waals surface area contributed by atoms with E-state index >= 15 is 0 Å².